The van der Waals surface area contributed by atoms with Gasteiger partial charge in [0.25, 0.3) is 0 Å². The maximum atomic E-state index is 10.7. The predicted molar refractivity (Wildman–Crippen MR) is 231 cm³/mol. The Kier molecular flexibility index (Phi) is 50.5. The monoisotopic (exact) mass is 765 g/mol. The Hall–Kier alpha value is -3.01. The van der Waals surface area contributed by atoms with E-state index in [2.05, 4.69) is 70.8 Å². The second-order valence-corrected chi connectivity index (χ2v) is 13.0. The highest BCUT2D eigenvalue weighted by molar-refractivity contribution is 7.80. The first-order valence-corrected chi connectivity index (χ1v) is 20.2. The van der Waals surface area contributed by atoms with Crippen molar-refractivity contribution in [2.45, 2.75) is 160 Å². The lowest BCUT2D eigenvalue weighted by Gasteiger charge is -2.23. The van der Waals surface area contributed by atoms with Crippen molar-refractivity contribution < 1.29 is 29.7 Å². The van der Waals surface area contributed by atoms with Crippen LogP contribution in [0.15, 0.2) is 42.5 Å². The Morgan fingerprint density at radius 1 is 0.868 bits per heavy atom. The van der Waals surface area contributed by atoms with Gasteiger partial charge in [-0.05, 0) is 86.9 Å². The number of aldehydes is 1. The number of aliphatic hydroxyl groups excluding tert-OH is 1. The molecular formula is C44H80N2O6S. The second-order valence-electron chi connectivity index (χ2n) is 12.3. The zero-order valence-corrected chi connectivity index (χ0v) is 36.9. The third kappa shape index (κ3) is 43.3. The highest BCUT2D eigenvalue weighted by Crippen LogP contribution is 2.25. The number of rotatable bonds is 18. The highest BCUT2D eigenvalue weighted by Gasteiger charge is 2.15. The van der Waals surface area contributed by atoms with Crippen LogP contribution in [-0.4, -0.2) is 68.5 Å². The molecule has 1 aromatic heterocycles. The molecule has 0 aliphatic carbocycles. The first-order chi connectivity index (χ1) is 25.3. The third-order valence-electron chi connectivity index (χ3n) is 7.58. The van der Waals surface area contributed by atoms with Gasteiger partial charge in [0.2, 0.25) is 0 Å². The summed E-state index contributed by atoms with van der Waals surface area (Å²) >= 11 is 4.79. The summed E-state index contributed by atoms with van der Waals surface area (Å²) in [5.41, 5.74) is 4.87. The van der Waals surface area contributed by atoms with E-state index in [1.165, 1.54) is 49.7 Å². The molecule has 0 amide bonds. The zero-order valence-electron chi connectivity index (χ0n) is 36.0. The van der Waals surface area contributed by atoms with Gasteiger partial charge in [0.1, 0.15) is 6.29 Å². The Balaban J connectivity index is -0.000000198. The van der Waals surface area contributed by atoms with Crippen LogP contribution in [0.2, 0.25) is 0 Å². The molecule has 53 heavy (non-hydrogen) atoms. The van der Waals surface area contributed by atoms with Crippen molar-refractivity contribution in [3.8, 4) is 0 Å². The van der Waals surface area contributed by atoms with Crippen LogP contribution in [0, 0.1) is 18.8 Å². The van der Waals surface area contributed by atoms with Crippen LogP contribution in [0.1, 0.15) is 156 Å². The van der Waals surface area contributed by atoms with E-state index in [9.17, 15) is 14.4 Å². The van der Waals surface area contributed by atoms with Crippen LogP contribution in [0.3, 0.4) is 0 Å². The standard InChI is InChI=1S/C17H28.C13H20N2O2.C5H10S.C3H6O2.C3H6O.C2H6.CH4O/c1-5-7-8-17(15(4)6-2)13-16-11-9-14(3)10-12-16;1-3-8-15(10-13(16)17)9-12-7-5-6-11(4-2)14-12;1-3-4-5(2)6;1-2-3(4)5;1-2-3-4;2*1-2/h9-12,15,17H,5-8,13H2,1-4H3;5-7H,3-4,8-10H2,1-2H3,(H,16,17);3-4H2,1-2H3;2H2,1H3,(H,4,5);3H,2H2,1H3;1-2H3;2H,1H3. The van der Waals surface area contributed by atoms with E-state index in [0.29, 0.717) is 13.0 Å². The first kappa shape index (κ1) is 59.3. The number of carbonyl (C=O) groups excluding carboxylic acids is 1. The van der Waals surface area contributed by atoms with Crippen LogP contribution in [0.5, 0.6) is 0 Å². The molecule has 0 saturated heterocycles. The van der Waals surface area contributed by atoms with Gasteiger partial charge >= 0.3 is 11.9 Å². The lowest BCUT2D eigenvalue weighted by Crippen LogP contribution is -2.30. The molecule has 1 heterocycles. The van der Waals surface area contributed by atoms with Gasteiger partial charge < -0.3 is 20.1 Å². The van der Waals surface area contributed by atoms with E-state index in [0.717, 1.165) is 67.3 Å². The molecule has 0 saturated carbocycles. The second kappa shape index (κ2) is 45.1. The molecule has 0 aliphatic rings. The summed E-state index contributed by atoms with van der Waals surface area (Å²) in [6.07, 6.45) is 12.5. The number of nitrogens with zero attached hydrogens (tertiary/aromatic N) is 2. The number of hydrogen-bond donors (Lipinski definition) is 3. The minimum atomic E-state index is -0.787. The lowest BCUT2D eigenvalue weighted by atomic mass is 9.83. The summed E-state index contributed by atoms with van der Waals surface area (Å²) in [6.45, 7) is 26.3. The number of hydrogen-bond acceptors (Lipinski definition) is 7. The smallest absolute Gasteiger partial charge is 0.317 e. The number of aryl methyl sites for hydroxylation is 2. The molecule has 3 N–H and O–H groups in total. The van der Waals surface area contributed by atoms with Crippen molar-refractivity contribution in [3.05, 3.63) is 65.0 Å². The van der Waals surface area contributed by atoms with Crippen molar-refractivity contribution in [3.63, 3.8) is 0 Å². The van der Waals surface area contributed by atoms with Crippen LogP contribution < -0.4 is 0 Å². The summed E-state index contributed by atoms with van der Waals surface area (Å²) in [5.74, 6) is 0.181. The number of carboxylic acids is 2. The molecule has 2 rings (SSSR count). The summed E-state index contributed by atoms with van der Waals surface area (Å²) in [4.78, 5) is 36.8. The summed E-state index contributed by atoms with van der Waals surface area (Å²) in [5, 5.41) is 23.5. The van der Waals surface area contributed by atoms with Gasteiger partial charge in [-0.25, -0.2) is 0 Å². The van der Waals surface area contributed by atoms with Gasteiger partial charge in [-0.1, -0.05) is 143 Å². The van der Waals surface area contributed by atoms with Gasteiger partial charge in [-0.2, -0.15) is 0 Å². The van der Waals surface area contributed by atoms with E-state index in [4.69, 9.17) is 27.5 Å². The van der Waals surface area contributed by atoms with Gasteiger partial charge in [0.05, 0.1) is 12.2 Å². The number of unbranched alkanes of at least 4 members (excludes halogenated alkanes) is 1. The van der Waals surface area contributed by atoms with Crippen molar-refractivity contribution in [2.24, 2.45) is 11.8 Å². The molecule has 1 aromatic carbocycles. The topological polar surface area (TPSA) is 128 Å². The molecule has 0 aliphatic heterocycles. The normalized spacial score (nSPS) is 10.5. The fraction of sp³-hybridized carbons (Fsp3) is 0.659. The van der Waals surface area contributed by atoms with E-state index in [-0.39, 0.29) is 13.0 Å². The van der Waals surface area contributed by atoms with Crippen LogP contribution in [0.4, 0.5) is 0 Å². The average molecular weight is 765 g/mol. The number of carbonyl (C=O) groups is 3. The number of benzene rings is 1. The highest BCUT2D eigenvalue weighted by atomic mass is 32.1. The first-order valence-electron chi connectivity index (χ1n) is 19.8. The van der Waals surface area contributed by atoms with Gasteiger partial charge in [0.15, 0.2) is 0 Å². The third-order valence-corrected chi connectivity index (χ3v) is 7.78. The molecule has 0 bridgehead atoms. The van der Waals surface area contributed by atoms with E-state index < -0.39 is 11.9 Å². The molecule has 2 unspecified atom stereocenters. The van der Waals surface area contributed by atoms with Crippen LogP contribution in [-0.2, 0) is 33.8 Å². The largest absolute Gasteiger partial charge is 0.481 e. The van der Waals surface area contributed by atoms with E-state index >= 15 is 0 Å². The lowest BCUT2D eigenvalue weighted by molar-refractivity contribution is -0.138. The SMILES string of the molecule is CC.CCC(=O)O.CCC=O.CCCC(C)=S.CCCCC(Cc1ccc(C)cc1)C(C)CC.CCCN(CC(=O)O)Cc1cccc(CC)n1.CO. The van der Waals surface area contributed by atoms with Crippen LogP contribution >= 0.6 is 12.2 Å². The number of pyridine rings is 1. The molecule has 0 radical (unpaired) electrons. The average Bonchev–Trinajstić information content (AvgIpc) is 3.16. The van der Waals surface area contributed by atoms with Crippen molar-refractivity contribution in [2.75, 3.05) is 20.2 Å². The molecule has 2 atom stereocenters. The molecular weight excluding hydrogens is 685 g/mol. The molecule has 0 fully saturated rings. The fourth-order valence-corrected chi connectivity index (χ4v) is 4.74. The van der Waals surface area contributed by atoms with Crippen molar-refractivity contribution in [1.82, 2.24) is 9.88 Å². The molecule has 308 valence electrons. The van der Waals surface area contributed by atoms with Gasteiger partial charge in [0, 0.05) is 32.2 Å². The molecule has 8 nitrogen and oxygen atoms in total. The Morgan fingerprint density at radius 2 is 1.40 bits per heavy atom. The minimum Gasteiger partial charge on any atom is -0.481 e. The van der Waals surface area contributed by atoms with E-state index in [1.54, 1.807) is 6.92 Å². The van der Waals surface area contributed by atoms with E-state index in [1.807, 2.05) is 57.7 Å². The maximum Gasteiger partial charge on any atom is 0.317 e. The number of aliphatic hydroxyl groups is 1. The molecule has 9 heteroatoms. The van der Waals surface area contributed by atoms with Gasteiger partial charge in [-0.15, -0.1) is 0 Å². The summed E-state index contributed by atoms with van der Waals surface area (Å²) < 4.78 is 0. The van der Waals surface area contributed by atoms with Crippen molar-refractivity contribution in [1.29, 1.82) is 0 Å². The number of aromatic nitrogens is 1. The zero-order chi connectivity index (χ0) is 42.0. The fourth-order valence-electron chi connectivity index (χ4n) is 4.53. The predicted octanol–water partition coefficient (Wildman–Crippen LogP) is 11.2. The summed E-state index contributed by atoms with van der Waals surface area (Å²) in [7, 11) is 1.00. The number of thiocarbonyl (C=S) groups is 1. The van der Waals surface area contributed by atoms with Crippen molar-refractivity contribution >= 4 is 35.3 Å². The Bertz CT molecular complexity index is 1110. The number of carboxylic acid groups (broad SMARTS) is 2. The minimum absolute atomic E-state index is 0.0753. The van der Waals surface area contributed by atoms with Crippen LogP contribution in [0.25, 0.3) is 0 Å². The number of aliphatic carboxylic acids is 2. The summed E-state index contributed by atoms with van der Waals surface area (Å²) in [6, 6.07) is 15.0. The molecule has 2 aromatic rings. The quantitative estimate of drug-likeness (QED) is 0.100. The maximum absolute atomic E-state index is 10.7. The Labute approximate surface area is 331 Å². The molecule has 0 spiro atoms. The Morgan fingerprint density at radius 3 is 1.75 bits per heavy atom. The van der Waals surface area contributed by atoms with Gasteiger partial charge in [-0.3, -0.25) is 19.5 Å².